The van der Waals surface area contributed by atoms with Gasteiger partial charge in [0, 0.05) is 5.56 Å². The number of carbonyl (C=O) groups is 2. The fraction of sp³-hybridized carbons (Fsp3) is 0.143. The van der Waals surface area contributed by atoms with E-state index in [0.29, 0.717) is 17.1 Å². The zero-order valence-electron chi connectivity index (χ0n) is 14.3. The fourth-order valence-electron chi connectivity index (χ4n) is 2.51. The van der Waals surface area contributed by atoms with Crippen molar-refractivity contribution in [3.05, 3.63) is 72.3 Å². The summed E-state index contributed by atoms with van der Waals surface area (Å²) in [6.45, 7) is -0.627. The smallest absolute Gasteiger partial charge is 0.344 e. The van der Waals surface area contributed by atoms with E-state index in [1.165, 1.54) is 7.11 Å². The highest BCUT2D eigenvalue weighted by Gasteiger charge is 2.12. The minimum atomic E-state index is -0.620. The summed E-state index contributed by atoms with van der Waals surface area (Å²) >= 11 is 0. The van der Waals surface area contributed by atoms with Crippen LogP contribution in [0.5, 0.6) is 11.5 Å². The monoisotopic (exact) mass is 350 g/mol. The normalized spacial score (nSPS) is 10.3. The number of hydrogen-bond donors (Lipinski definition) is 0. The van der Waals surface area contributed by atoms with Gasteiger partial charge >= 0.3 is 5.97 Å². The average molecular weight is 350 g/mol. The lowest BCUT2D eigenvalue weighted by Crippen LogP contribution is -2.19. The Balaban J connectivity index is 1.54. The summed E-state index contributed by atoms with van der Waals surface area (Å²) < 4.78 is 15.5. The van der Waals surface area contributed by atoms with E-state index in [0.717, 1.165) is 10.8 Å². The summed E-state index contributed by atoms with van der Waals surface area (Å²) in [6.07, 6.45) is 0. The lowest BCUT2D eigenvalue weighted by atomic mass is 10.0. The Bertz CT molecular complexity index is 932. The molecular formula is C21H18O5. The number of ketones is 1. The maximum Gasteiger partial charge on any atom is 0.344 e. The molecule has 3 rings (SSSR count). The topological polar surface area (TPSA) is 61.8 Å². The van der Waals surface area contributed by atoms with E-state index in [9.17, 15) is 9.59 Å². The largest absolute Gasteiger partial charge is 0.493 e. The Labute approximate surface area is 151 Å². The molecule has 0 spiro atoms. The van der Waals surface area contributed by atoms with Crippen molar-refractivity contribution in [1.82, 2.24) is 0 Å². The number of rotatable bonds is 7. The number of esters is 1. The predicted octanol–water partition coefficient (Wildman–Crippen LogP) is 3.65. The van der Waals surface area contributed by atoms with Gasteiger partial charge in [0.25, 0.3) is 0 Å². The highest BCUT2D eigenvalue weighted by molar-refractivity contribution is 6.01. The van der Waals surface area contributed by atoms with Crippen molar-refractivity contribution in [2.24, 2.45) is 0 Å². The molecule has 0 atom stereocenters. The van der Waals surface area contributed by atoms with E-state index in [1.807, 2.05) is 30.3 Å². The van der Waals surface area contributed by atoms with Crippen molar-refractivity contribution in [3.63, 3.8) is 0 Å². The highest BCUT2D eigenvalue weighted by Crippen LogP contribution is 2.25. The molecule has 0 aliphatic carbocycles. The van der Waals surface area contributed by atoms with Crippen LogP contribution in [-0.4, -0.2) is 32.1 Å². The molecule has 5 nitrogen and oxygen atoms in total. The van der Waals surface area contributed by atoms with Crippen molar-refractivity contribution in [1.29, 1.82) is 0 Å². The Morgan fingerprint density at radius 2 is 1.50 bits per heavy atom. The van der Waals surface area contributed by atoms with Gasteiger partial charge in [0.2, 0.25) is 0 Å². The third-order valence-electron chi connectivity index (χ3n) is 3.85. The van der Waals surface area contributed by atoms with Crippen molar-refractivity contribution < 1.29 is 23.8 Å². The van der Waals surface area contributed by atoms with E-state index >= 15 is 0 Å². The third kappa shape index (κ3) is 4.19. The molecule has 3 aromatic rings. The van der Waals surface area contributed by atoms with E-state index in [-0.39, 0.29) is 19.0 Å². The first-order chi connectivity index (χ1) is 12.7. The zero-order chi connectivity index (χ0) is 18.4. The molecular weight excluding hydrogens is 332 g/mol. The van der Waals surface area contributed by atoms with Gasteiger partial charge in [-0.1, -0.05) is 48.5 Å². The molecule has 0 amide bonds. The molecule has 0 aromatic heterocycles. The summed E-state index contributed by atoms with van der Waals surface area (Å²) in [5.74, 6) is 0.0757. The SMILES string of the molecule is COc1ccccc1OCC(=O)OCC(=O)c1ccc2ccccc2c1. The minimum absolute atomic E-state index is 0.263. The Kier molecular flexibility index (Phi) is 5.49. The summed E-state index contributed by atoms with van der Waals surface area (Å²) in [5.41, 5.74) is 0.502. The van der Waals surface area contributed by atoms with Crippen LogP contribution in [-0.2, 0) is 9.53 Å². The summed E-state index contributed by atoms with van der Waals surface area (Å²) in [7, 11) is 1.52. The Hall–Kier alpha value is -3.34. The molecule has 0 bridgehead atoms. The predicted molar refractivity (Wildman–Crippen MR) is 97.7 cm³/mol. The van der Waals surface area contributed by atoms with Gasteiger partial charge in [-0.25, -0.2) is 4.79 Å². The second-order valence-corrected chi connectivity index (χ2v) is 5.59. The average Bonchev–Trinajstić information content (AvgIpc) is 2.70. The van der Waals surface area contributed by atoms with Crippen LogP contribution in [0.3, 0.4) is 0 Å². The van der Waals surface area contributed by atoms with Gasteiger partial charge in [0.1, 0.15) is 0 Å². The molecule has 0 aliphatic heterocycles. The number of Topliss-reactive ketones (excluding diaryl/α,β-unsaturated/α-hetero) is 1. The summed E-state index contributed by atoms with van der Waals surface area (Å²) in [6, 6.07) is 20.1. The van der Waals surface area contributed by atoms with Gasteiger partial charge in [0.15, 0.2) is 30.5 Å². The van der Waals surface area contributed by atoms with Crippen LogP contribution in [0.1, 0.15) is 10.4 Å². The quantitative estimate of drug-likeness (QED) is 0.481. The van der Waals surface area contributed by atoms with Crippen molar-refractivity contribution in [2.45, 2.75) is 0 Å². The van der Waals surface area contributed by atoms with E-state index in [1.54, 1.807) is 36.4 Å². The molecule has 0 saturated heterocycles. The van der Waals surface area contributed by atoms with Crippen LogP contribution in [0.15, 0.2) is 66.7 Å². The molecule has 0 radical (unpaired) electrons. The van der Waals surface area contributed by atoms with Gasteiger partial charge in [-0.3, -0.25) is 4.79 Å². The minimum Gasteiger partial charge on any atom is -0.493 e. The second kappa shape index (κ2) is 8.16. The van der Waals surface area contributed by atoms with Crippen LogP contribution in [0, 0.1) is 0 Å². The lowest BCUT2D eigenvalue weighted by molar-refractivity contribution is -0.144. The number of ether oxygens (including phenoxy) is 3. The first-order valence-corrected chi connectivity index (χ1v) is 8.11. The Morgan fingerprint density at radius 3 is 2.27 bits per heavy atom. The van der Waals surface area contributed by atoms with E-state index in [4.69, 9.17) is 14.2 Å². The molecule has 0 unspecified atom stereocenters. The molecule has 0 saturated carbocycles. The number of hydrogen-bond acceptors (Lipinski definition) is 5. The molecule has 0 aliphatic rings. The Morgan fingerprint density at radius 1 is 0.808 bits per heavy atom. The number of carbonyl (C=O) groups excluding carboxylic acids is 2. The second-order valence-electron chi connectivity index (χ2n) is 5.59. The number of para-hydroxylation sites is 2. The first kappa shape index (κ1) is 17.5. The van der Waals surface area contributed by atoms with Crippen molar-refractivity contribution >= 4 is 22.5 Å². The van der Waals surface area contributed by atoms with Gasteiger partial charge < -0.3 is 14.2 Å². The molecule has 26 heavy (non-hydrogen) atoms. The molecule has 0 heterocycles. The number of methoxy groups -OCH3 is 1. The van der Waals surface area contributed by atoms with Gasteiger partial charge in [-0.15, -0.1) is 0 Å². The summed E-state index contributed by atoms with van der Waals surface area (Å²) in [5, 5.41) is 2.01. The van der Waals surface area contributed by atoms with Crippen LogP contribution < -0.4 is 9.47 Å². The molecule has 0 N–H and O–H groups in total. The molecule has 0 fully saturated rings. The molecule has 3 aromatic carbocycles. The van der Waals surface area contributed by atoms with Crippen LogP contribution >= 0.6 is 0 Å². The maximum atomic E-state index is 12.2. The van der Waals surface area contributed by atoms with Crippen molar-refractivity contribution in [3.8, 4) is 11.5 Å². The van der Waals surface area contributed by atoms with Gasteiger partial charge in [-0.05, 0) is 29.0 Å². The third-order valence-corrected chi connectivity index (χ3v) is 3.85. The van der Waals surface area contributed by atoms with E-state index in [2.05, 4.69) is 0 Å². The highest BCUT2D eigenvalue weighted by atomic mass is 16.6. The maximum absolute atomic E-state index is 12.2. The first-order valence-electron chi connectivity index (χ1n) is 8.11. The standard InChI is InChI=1S/C21H18O5/c1-24-19-8-4-5-9-20(19)25-14-21(23)26-13-18(22)17-11-10-15-6-2-3-7-16(15)12-17/h2-12H,13-14H2,1H3. The molecule has 132 valence electrons. The fourth-order valence-corrected chi connectivity index (χ4v) is 2.51. The van der Waals surface area contributed by atoms with Gasteiger partial charge in [-0.2, -0.15) is 0 Å². The lowest BCUT2D eigenvalue weighted by Gasteiger charge is -2.10. The van der Waals surface area contributed by atoms with Crippen LogP contribution in [0.2, 0.25) is 0 Å². The molecule has 5 heteroatoms. The zero-order valence-corrected chi connectivity index (χ0v) is 14.3. The van der Waals surface area contributed by atoms with E-state index < -0.39 is 5.97 Å². The van der Waals surface area contributed by atoms with Crippen molar-refractivity contribution in [2.75, 3.05) is 20.3 Å². The number of fused-ring (bicyclic) bond motifs is 1. The summed E-state index contributed by atoms with van der Waals surface area (Å²) in [4.78, 5) is 24.1. The van der Waals surface area contributed by atoms with Crippen LogP contribution in [0.4, 0.5) is 0 Å². The van der Waals surface area contributed by atoms with Crippen LogP contribution in [0.25, 0.3) is 10.8 Å². The van der Waals surface area contributed by atoms with Gasteiger partial charge in [0.05, 0.1) is 7.11 Å². The number of benzene rings is 3.